The molecule has 24 heavy (non-hydrogen) atoms. The van der Waals surface area contributed by atoms with Gasteiger partial charge >= 0.3 is 6.03 Å². The van der Waals surface area contributed by atoms with E-state index in [1.54, 1.807) is 30.1 Å². The molecule has 130 valence electrons. The zero-order chi connectivity index (χ0) is 17.3. The van der Waals surface area contributed by atoms with Gasteiger partial charge in [-0.15, -0.1) is 0 Å². The molecule has 1 aliphatic heterocycles. The third-order valence-corrected chi connectivity index (χ3v) is 5.27. The molecule has 2 bridgehead atoms. The fraction of sp³-hybridized carbons (Fsp3) is 0.611. The normalized spacial score (nSPS) is 25.5. The van der Waals surface area contributed by atoms with Crippen LogP contribution in [0, 0.1) is 17.8 Å². The standard InChI is InChI=1S/C18H26N4O2/c1-20(2)18(24)22-10-13-7-8-14(11-22)16(13)17(23)21(3)12-15-6-4-5-9-19-15/h4-6,9,13-14,16H,7-8,10-12H2,1-3H3/t13-,14+,16?. The second-order valence-electron chi connectivity index (χ2n) is 7.22. The Morgan fingerprint density at radius 3 is 2.38 bits per heavy atom. The lowest BCUT2D eigenvalue weighted by molar-refractivity contribution is -0.139. The molecule has 2 aliphatic rings. The van der Waals surface area contributed by atoms with Gasteiger partial charge in [-0.3, -0.25) is 9.78 Å². The van der Waals surface area contributed by atoms with Gasteiger partial charge < -0.3 is 14.7 Å². The highest BCUT2D eigenvalue weighted by Gasteiger charge is 2.47. The summed E-state index contributed by atoms with van der Waals surface area (Å²) in [5.74, 6) is 0.813. The quantitative estimate of drug-likeness (QED) is 0.847. The number of urea groups is 1. The highest BCUT2D eigenvalue weighted by molar-refractivity contribution is 5.80. The molecule has 3 atom stereocenters. The fourth-order valence-electron chi connectivity index (χ4n) is 4.13. The zero-order valence-electron chi connectivity index (χ0n) is 14.7. The van der Waals surface area contributed by atoms with E-state index >= 15 is 0 Å². The minimum absolute atomic E-state index is 0.0462. The lowest BCUT2D eigenvalue weighted by Crippen LogP contribution is -2.52. The third kappa shape index (κ3) is 3.23. The van der Waals surface area contributed by atoms with Crippen molar-refractivity contribution >= 4 is 11.9 Å². The Morgan fingerprint density at radius 2 is 1.83 bits per heavy atom. The number of rotatable bonds is 3. The van der Waals surface area contributed by atoms with Crippen molar-refractivity contribution in [3.63, 3.8) is 0 Å². The average Bonchev–Trinajstić information content (AvgIpc) is 2.83. The van der Waals surface area contributed by atoms with Gasteiger partial charge in [0.1, 0.15) is 0 Å². The van der Waals surface area contributed by atoms with Crippen molar-refractivity contribution in [2.75, 3.05) is 34.2 Å². The molecule has 2 heterocycles. The lowest BCUT2D eigenvalue weighted by Gasteiger charge is -2.39. The molecule has 1 aromatic rings. The number of carbonyl (C=O) groups is 2. The average molecular weight is 330 g/mol. The number of hydrogen-bond acceptors (Lipinski definition) is 3. The highest BCUT2D eigenvalue weighted by atomic mass is 16.2. The van der Waals surface area contributed by atoms with Gasteiger partial charge in [0.15, 0.2) is 0 Å². The van der Waals surface area contributed by atoms with E-state index in [1.165, 1.54) is 0 Å². The van der Waals surface area contributed by atoms with E-state index in [0.29, 0.717) is 19.6 Å². The predicted molar refractivity (Wildman–Crippen MR) is 91.1 cm³/mol. The monoisotopic (exact) mass is 330 g/mol. The molecule has 3 rings (SSSR count). The Kier molecular flexibility index (Phi) is 4.73. The molecule has 1 saturated heterocycles. The molecule has 1 unspecified atom stereocenters. The van der Waals surface area contributed by atoms with Crippen LogP contribution in [0.1, 0.15) is 18.5 Å². The van der Waals surface area contributed by atoms with Crippen molar-refractivity contribution < 1.29 is 9.59 Å². The van der Waals surface area contributed by atoms with Crippen LogP contribution >= 0.6 is 0 Å². The number of pyridine rings is 1. The highest BCUT2D eigenvalue weighted by Crippen LogP contribution is 2.43. The molecule has 3 amide bonds. The minimum Gasteiger partial charge on any atom is -0.340 e. The summed E-state index contributed by atoms with van der Waals surface area (Å²) in [7, 11) is 5.41. The first-order valence-corrected chi connectivity index (χ1v) is 8.58. The SMILES string of the molecule is CN(C)C(=O)N1C[C@H]2CC[C@@H](C1)C2C(=O)N(C)Cc1ccccn1. The van der Waals surface area contributed by atoms with Gasteiger partial charge in [0.2, 0.25) is 5.91 Å². The van der Waals surface area contributed by atoms with Crippen LogP contribution in [0.25, 0.3) is 0 Å². The molecule has 1 aliphatic carbocycles. The van der Waals surface area contributed by atoms with Crippen LogP contribution in [-0.4, -0.2) is 65.9 Å². The summed E-state index contributed by atoms with van der Waals surface area (Å²) in [6, 6.07) is 5.81. The van der Waals surface area contributed by atoms with Crippen molar-refractivity contribution in [3.05, 3.63) is 30.1 Å². The smallest absolute Gasteiger partial charge is 0.319 e. The van der Waals surface area contributed by atoms with E-state index in [4.69, 9.17) is 0 Å². The van der Waals surface area contributed by atoms with Crippen LogP contribution in [0.2, 0.25) is 0 Å². The van der Waals surface area contributed by atoms with E-state index in [2.05, 4.69) is 4.98 Å². The summed E-state index contributed by atoms with van der Waals surface area (Å²) < 4.78 is 0. The minimum atomic E-state index is 0.0462. The number of likely N-dealkylation sites (tertiary alicyclic amines) is 1. The van der Waals surface area contributed by atoms with Crippen LogP contribution in [-0.2, 0) is 11.3 Å². The fourth-order valence-corrected chi connectivity index (χ4v) is 4.13. The van der Waals surface area contributed by atoms with Crippen molar-refractivity contribution in [3.8, 4) is 0 Å². The van der Waals surface area contributed by atoms with E-state index in [9.17, 15) is 9.59 Å². The Labute approximate surface area is 143 Å². The van der Waals surface area contributed by atoms with Crippen LogP contribution in [0.3, 0.4) is 0 Å². The first-order valence-electron chi connectivity index (χ1n) is 8.58. The number of hydrogen-bond donors (Lipinski definition) is 0. The molecule has 0 radical (unpaired) electrons. The van der Waals surface area contributed by atoms with E-state index in [1.807, 2.05) is 30.1 Å². The summed E-state index contributed by atoms with van der Waals surface area (Å²) in [4.78, 5) is 34.8. The first kappa shape index (κ1) is 16.7. The van der Waals surface area contributed by atoms with Gasteiger partial charge in [0.25, 0.3) is 0 Å². The maximum absolute atomic E-state index is 13.0. The zero-order valence-corrected chi connectivity index (χ0v) is 14.7. The summed E-state index contributed by atoms with van der Waals surface area (Å²) in [5.41, 5.74) is 0.904. The molecule has 1 saturated carbocycles. The Balaban J connectivity index is 1.65. The Morgan fingerprint density at radius 1 is 1.17 bits per heavy atom. The lowest BCUT2D eigenvalue weighted by atomic mass is 9.84. The van der Waals surface area contributed by atoms with Crippen molar-refractivity contribution in [1.82, 2.24) is 19.7 Å². The van der Waals surface area contributed by atoms with Crippen molar-refractivity contribution in [2.45, 2.75) is 19.4 Å². The number of fused-ring (bicyclic) bond motifs is 2. The number of piperidine rings is 1. The topological polar surface area (TPSA) is 56.8 Å². The predicted octanol–water partition coefficient (Wildman–Crippen LogP) is 1.68. The maximum atomic E-state index is 13.0. The first-order chi connectivity index (χ1) is 11.5. The van der Waals surface area contributed by atoms with Crippen LogP contribution in [0.5, 0.6) is 0 Å². The number of amides is 3. The van der Waals surface area contributed by atoms with E-state index in [-0.39, 0.29) is 29.7 Å². The van der Waals surface area contributed by atoms with Gasteiger partial charge in [-0.1, -0.05) is 6.07 Å². The maximum Gasteiger partial charge on any atom is 0.319 e. The van der Waals surface area contributed by atoms with Crippen molar-refractivity contribution in [1.29, 1.82) is 0 Å². The molecule has 0 N–H and O–H groups in total. The van der Waals surface area contributed by atoms with Gasteiger partial charge in [-0.05, 0) is 36.8 Å². The third-order valence-electron chi connectivity index (χ3n) is 5.27. The van der Waals surface area contributed by atoms with Gasteiger partial charge in [-0.25, -0.2) is 4.79 Å². The van der Waals surface area contributed by atoms with E-state index < -0.39 is 0 Å². The van der Waals surface area contributed by atoms with Crippen LogP contribution in [0.4, 0.5) is 4.79 Å². The Hall–Kier alpha value is -2.11. The number of carbonyl (C=O) groups excluding carboxylic acids is 2. The summed E-state index contributed by atoms with van der Waals surface area (Å²) in [6.45, 7) is 1.93. The van der Waals surface area contributed by atoms with Gasteiger partial charge in [0, 0.05) is 46.3 Å². The number of aromatic nitrogens is 1. The molecule has 6 nitrogen and oxygen atoms in total. The molecular weight excluding hydrogens is 304 g/mol. The van der Waals surface area contributed by atoms with Crippen molar-refractivity contribution in [2.24, 2.45) is 17.8 Å². The largest absolute Gasteiger partial charge is 0.340 e. The molecule has 0 spiro atoms. The Bertz CT molecular complexity index is 590. The van der Waals surface area contributed by atoms with Gasteiger partial charge in [0.05, 0.1) is 12.2 Å². The molecule has 0 aromatic carbocycles. The second-order valence-corrected chi connectivity index (χ2v) is 7.22. The summed E-state index contributed by atoms with van der Waals surface area (Å²) >= 11 is 0. The van der Waals surface area contributed by atoms with E-state index in [0.717, 1.165) is 18.5 Å². The number of nitrogens with zero attached hydrogens (tertiary/aromatic N) is 4. The second kappa shape index (κ2) is 6.79. The molecular formula is C18H26N4O2. The molecule has 6 heteroatoms. The van der Waals surface area contributed by atoms with Crippen LogP contribution < -0.4 is 0 Å². The van der Waals surface area contributed by atoms with Gasteiger partial charge in [-0.2, -0.15) is 0 Å². The molecule has 1 aromatic heterocycles. The molecule has 2 fully saturated rings. The van der Waals surface area contributed by atoms with Crippen LogP contribution in [0.15, 0.2) is 24.4 Å². The summed E-state index contributed by atoms with van der Waals surface area (Å²) in [6.07, 6.45) is 3.83. The summed E-state index contributed by atoms with van der Waals surface area (Å²) in [5, 5.41) is 0.